The summed E-state index contributed by atoms with van der Waals surface area (Å²) in [6.45, 7) is 7.33. The summed E-state index contributed by atoms with van der Waals surface area (Å²) in [5, 5.41) is 1.19. The van der Waals surface area contributed by atoms with E-state index in [9.17, 15) is 0 Å². The molecular formula is C13H14BrNO. The first-order valence-electron chi connectivity index (χ1n) is 5.25. The zero-order chi connectivity index (χ0) is 11.5. The Morgan fingerprint density at radius 3 is 2.94 bits per heavy atom. The Kier molecular flexibility index (Phi) is 3.34. The van der Waals surface area contributed by atoms with E-state index in [1.54, 1.807) is 0 Å². The van der Waals surface area contributed by atoms with Gasteiger partial charge in [-0.3, -0.25) is 0 Å². The molecule has 0 amide bonds. The monoisotopic (exact) mass is 279 g/mol. The van der Waals surface area contributed by atoms with E-state index < -0.39 is 0 Å². The maximum absolute atomic E-state index is 5.47. The molecule has 0 unspecified atom stereocenters. The van der Waals surface area contributed by atoms with Crippen LogP contribution in [0, 0.1) is 0 Å². The molecule has 0 fully saturated rings. The number of aromatic nitrogens is 1. The molecule has 0 spiro atoms. The highest BCUT2D eigenvalue weighted by Gasteiger charge is 2.02. The first-order valence-corrected chi connectivity index (χ1v) is 6.05. The molecule has 0 aliphatic heterocycles. The summed E-state index contributed by atoms with van der Waals surface area (Å²) in [7, 11) is 0. The fraction of sp³-hybridized carbons (Fsp3) is 0.231. The minimum Gasteiger partial charge on any atom is -0.494 e. The third kappa shape index (κ3) is 2.30. The van der Waals surface area contributed by atoms with Crippen molar-refractivity contribution in [3.8, 4) is 5.75 Å². The largest absolute Gasteiger partial charge is 0.494 e. The number of ether oxygens (including phenoxy) is 1. The van der Waals surface area contributed by atoms with Crippen molar-refractivity contribution in [1.82, 2.24) is 4.57 Å². The zero-order valence-corrected chi connectivity index (χ0v) is 10.8. The van der Waals surface area contributed by atoms with Crippen LogP contribution in [0.4, 0.5) is 0 Å². The van der Waals surface area contributed by atoms with Gasteiger partial charge in [-0.25, -0.2) is 0 Å². The Balaban J connectivity index is 2.38. The summed E-state index contributed by atoms with van der Waals surface area (Å²) in [6.07, 6.45) is 2.06. The van der Waals surface area contributed by atoms with Crippen LogP contribution in [0.5, 0.6) is 5.75 Å². The van der Waals surface area contributed by atoms with Crippen LogP contribution in [0.25, 0.3) is 10.9 Å². The average Bonchev–Trinajstić information content (AvgIpc) is 2.61. The fourth-order valence-electron chi connectivity index (χ4n) is 1.76. The Bertz CT molecular complexity index is 516. The fourth-order valence-corrected chi connectivity index (χ4v) is 2.03. The predicted molar refractivity (Wildman–Crippen MR) is 71.2 cm³/mol. The van der Waals surface area contributed by atoms with E-state index in [1.165, 1.54) is 10.9 Å². The Hall–Kier alpha value is -1.22. The molecule has 2 aromatic rings. The molecule has 0 aliphatic carbocycles. The normalized spacial score (nSPS) is 10.6. The predicted octanol–water partition coefficient (Wildman–Crippen LogP) is 3.95. The van der Waals surface area contributed by atoms with Crippen molar-refractivity contribution in [3.05, 3.63) is 41.5 Å². The van der Waals surface area contributed by atoms with Crippen molar-refractivity contribution in [2.24, 2.45) is 0 Å². The van der Waals surface area contributed by atoms with E-state index in [1.807, 2.05) is 13.0 Å². The van der Waals surface area contributed by atoms with E-state index in [-0.39, 0.29) is 0 Å². The van der Waals surface area contributed by atoms with Gasteiger partial charge < -0.3 is 9.30 Å². The first kappa shape index (κ1) is 11.3. The summed E-state index contributed by atoms with van der Waals surface area (Å²) in [5.74, 6) is 0.922. The second-order valence-corrected chi connectivity index (χ2v) is 4.74. The highest BCUT2D eigenvalue weighted by molar-refractivity contribution is 9.11. The molecular weight excluding hydrogens is 266 g/mol. The maximum Gasteiger partial charge on any atom is 0.120 e. The Morgan fingerprint density at radius 1 is 1.44 bits per heavy atom. The molecule has 0 atom stereocenters. The van der Waals surface area contributed by atoms with Crippen LogP contribution in [-0.2, 0) is 6.54 Å². The lowest BCUT2D eigenvalue weighted by atomic mass is 10.2. The van der Waals surface area contributed by atoms with Crippen LogP contribution in [0.1, 0.15) is 6.92 Å². The molecule has 2 rings (SSSR count). The van der Waals surface area contributed by atoms with Crippen molar-refractivity contribution in [2.45, 2.75) is 13.5 Å². The SMILES string of the molecule is C=C(Br)Cn1ccc2cc(OCC)ccc21. The molecule has 3 heteroatoms. The van der Waals surface area contributed by atoms with Gasteiger partial charge in [0, 0.05) is 21.6 Å². The van der Waals surface area contributed by atoms with Crippen LogP contribution < -0.4 is 4.74 Å². The zero-order valence-electron chi connectivity index (χ0n) is 9.24. The molecule has 0 aliphatic rings. The lowest BCUT2D eigenvalue weighted by Crippen LogP contribution is -1.95. The summed E-state index contributed by atoms with van der Waals surface area (Å²) >= 11 is 3.38. The summed E-state index contributed by atoms with van der Waals surface area (Å²) < 4.78 is 8.59. The smallest absolute Gasteiger partial charge is 0.120 e. The van der Waals surface area contributed by atoms with Gasteiger partial charge in [0.15, 0.2) is 0 Å². The molecule has 0 radical (unpaired) electrons. The summed E-state index contributed by atoms with van der Waals surface area (Å²) in [6, 6.07) is 8.23. The van der Waals surface area contributed by atoms with Gasteiger partial charge in [0.2, 0.25) is 0 Å². The van der Waals surface area contributed by atoms with Crippen molar-refractivity contribution in [2.75, 3.05) is 6.61 Å². The van der Waals surface area contributed by atoms with Crippen LogP contribution in [0.15, 0.2) is 41.5 Å². The van der Waals surface area contributed by atoms with Crippen LogP contribution in [-0.4, -0.2) is 11.2 Å². The number of benzene rings is 1. The highest BCUT2D eigenvalue weighted by atomic mass is 79.9. The van der Waals surface area contributed by atoms with Crippen molar-refractivity contribution >= 4 is 26.8 Å². The van der Waals surface area contributed by atoms with Crippen molar-refractivity contribution < 1.29 is 4.74 Å². The number of hydrogen-bond donors (Lipinski definition) is 0. The molecule has 0 saturated carbocycles. The number of halogens is 1. The third-order valence-corrected chi connectivity index (χ3v) is 2.65. The number of hydrogen-bond acceptors (Lipinski definition) is 1. The number of nitrogens with zero attached hydrogens (tertiary/aromatic N) is 1. The van der Waals surface area contributed by atoms with Gasteiger partial charge in [-0.2, -0.15) is 0 Å². The topological polar surface area (TPSA) is 14.2 Å². The van der Waals surface area contributed by atoms with Gasteiger partial charge in [-0.15, -0.1) is 0 Å². The number of rotatable bonds is 4. The molecule has 2 nitrogen and oxygen atoms in total. The summed E-state index contributed by atoms with van der Waals surface area (Å²) in [5.41, 5.74) is 1.20. The van der Waals surface area contributed by atoms with Crippen LogP contribution in [0.3, 0.4) is 0 Å². The molecule has 0 bridgehead atoms. The molecule has 16 heavy (non-hydrogen) atoms. The molecule has 1 aromatic heterocycles. The van der Waals surface area contributed by atoms with Gasteiger partial charge in [0.05, 0.1) is 13.2 Å². The van der Waals surface area contributed by atoms with E-state index >= 15 is 0 Å². The van der Waals surface area contributed by atoms with Gasteiger partial charge in [0.25, 0.3) is 0 Å². The van der Waals surface area contributed by atoms with E-state index in [0.717, 1.165) is 16.8 Å². The van der Waals surface area contributed by atoms with Gasteiger partial charge >= 0.3 is 0 Å². The van der Waals surface area contributed by atoms with Crippen LogP contribution >= 0.6 is 15.9 Å². The van der Waals surface area contributed by atoms with Gasteiger partial charge in [0.1, 0.15) is 5.75 Å². The Labute approximate surface area is 104 Å². The third-order valence-electron chi connectivity index (χ3n) is 2.40. The minimum absolute atomic E-state index is 0.699. The number of allylic oxidation sites excluding steroid dienone is 1. The maximum atomic E-state index is 5.47. The molecule has 0 saturated heterocycles. The van der Waals surface area contributed by atoms with Gasteiger partial charge in [-0.1, -0.05) is 22.5 Å². The molecule has 0 N–H and O–H groups in total. The lowest BCUT2D eigenvalue weighted by Gasteiger charge is -2.05. The molecule has 1 aromatic carbocycles. The molecule has 84 valence electrons. The second kappa shape index (κ2) is 4.74. The second-order valence-electron chi connectivity index (χ2n) is 3.61. The van der Waals surface area contributed by atoms with Crippen molar-refractivity contribution in [3.63, 3.8) is 0 Å². The highest BCUT2D eigenvalue weighted by Crippen LogP contribution is 2.23. The first-order chi connectivity index (χ1) is 7.70. The average molecular weight is 280 g/mol. The van der Waals surface area contributed by atoms with Crippen molar-refractivity contribution in [1.29, 1.82) is 0 Å². The Morgan fingerprint density at radius 2 is 2.25 bits per heavy atom. The van der Waals surface area contributed by atoms with E-state index in [4.69, 9.17) is 4.74 Å². The number of fused-ring (bicyclic) bond motifs is 1. The standard InChI is InChI=1S/C13H14BrNO/c1-3-16-12-4-5-13-11(8-12)6-7-15(13)9-10(2)14/h4-8H,2-3,9H2,1H3. The van der Waals surface area contributed by atoms with Gasteiger partial charge in [-0.05, 0) is 31.2 Å². The minimum atomic E-state index is 0.699. The molecule has 1 heterocycles. The van der Waals surface area contributed by atoms with E-state index in [2.05, 4.69) is 51.5 Å². The van der Waals surface area contributed by atoms with Crippen LogP contribution in [0.2, 0.25) is 0 Å². The summed E-state index contributed by atoms with van der Waals surface area (Å²) in [4.78, 5) is 0. The van der Waals surface area contributed by atoms with E-state index in [0.29, 0.717) is 6.61 Å². The quantitative estimate of drug-likeness (QED) is 0.827. The lowest BCUT2D eigenvalue weighted by molar-refractivity contribution is 0.340.